The quantitative estimate of drug-likeness (QED) is 0.548. The lowest BCUT2D eigenvalue weighted by Gasteiger charge is -2.38. The highest BCUT2D eigenvalue weighted by Gasteiger charge is 2.30. The molecule has 3 aliphatic rings. The SMILES string of the molecule is C=C1C=Cc2cnc(Nc3ccc(N4CCNCC4)c(F)c3)nc2N1C1CSc2ccccc2C1. The maximum absolute atomic E-state index is 14.9. The smallest absolute Gasteiger partial charge is 0.229 e. The molecule has 0 spiro atoms. The monoisotopic (exact) mass is 486 g/mol. The predicted octanol–water partition coefficient (Wildman–Crippen LogP) is 4.83. The Labute approximate surface area is 209 Å². The summed E-state index contributed by atoms with van der Waals surface area (Å²) in [4.78, 5) is 15.0. The van der Waals surface area contributed by atoms with E-state index >= 15 is 0 Å². The molecule has 3 aliphatic heterocycles. The van der Waals surface area contributed by atoms with E-state index in [2.05, 4.69) is 56.3 Å². The summed E-state index contributed by atoms with van der Waals surface area (Å²) in [6.07, 6.45) is 6.77. The second-order valence-corrected chi connectivity index (χ2v) is 10.0. The molecule has 1 unspecified atom stereocenters. The molecule has 6 rings (SSSR count). The van der Waals surface area contributed by atoms with Crippen LogP contribution in [0.15, 0.2) is 71.9 Å². The van der Waals surface area contributed by atoms with Crippen molar-refractivity contribution in [2.24, 2.45) is 0 Å². The zero-order valence-corrected chi connectivity index (χ0v) is 20.2. The van der Waals surface area contributed by atoms with Crippen LogP contribution < -0.4 is 20.4 Å². The Hall–Kier alpha value is -3.36. The number of nitrogens with one attached hydrogen (secondary N) is 2. The third kappa shape index (κ3) is 4.39. The molecule has 2 N–H and O–H groups in total. The molecule has 4 heterocycles. The Bertz CT molecular complexity index is 1300. The fourth-order valence-electron chi connectivity index (χ4n) is 4.92. The molecular formula is C27H27FN6S. The molecule has 0 saturated carbocycles. The van der Waals surface area contributed by atoms with Crippen LogP contribution in [0.1, 0.15) is 11.1 Å². The number of thioether (sulfide) groups is 1. The highest BCUT2D eigenvalue weighted by atomic mass is 32.2. The number of fused-ring (bicyclic) bond motifs is 2. The number of hydrogen-bond acceptors (Lipinski definition) is 7. The third-order valence-corrected chi connectivity index (χ3v) is 7.94. The Balaban J connectivity index is 1.25. The molecule has 1 atom stereocenters. The first-order valence-electron chi connectivity index (χ1n) is 11.9. The lowest BCUT2D eigenvalue weighted by Crippen LogP contribution is -2.43. The second kappa shape index (κ2) is 9.36. The highest BCUT2D eigenvalue weighted by Crippen LogP contribution is 2.38. The number of piperazine rings is 1. The summed E-state index contributed by atoms with van der Waals surface area (Å²) in [5, 5.41) is 6.50. The van der Waals surface area contributed by atoms with Gasteiger partial charge < -0.3 is 20.4 Å². The average Bonchev–Trinajstić information content (AvgIpc) is 2.89. The number of aromatic nitrogens is 2. The Kier molecular flexibility index (Phi) is 5.91. The van der Waals surface area contributed by atoms with Crippen LogP contribution in [-0.2, 0) is 6.42 Å². The number of allylic oxidation sites excluding steroid dienone is 1. The average molecular weight is 487 g/mol. The number of benzene rings is 2. The summed E-state index contributed by atoms with van der Waals surface area (Å²) in [5.41, 5.74) is 4.47. The molecule has 0 aliphatic carbocycles. The molecule has 1 aromatic heterocycles. The van der Waals surface area contributed by atoms with Crippen molar-refractivity contribution in [2.75, 3.05) is 47.0 Å². The topological polar surface area (TPSA) is 56.3 Å². The van der Waals surface area contributed by atoms with Crippen LogP contribution in [-0.4, -0.2) is 47.9 Å². The maximum Gasteiger partial charge on any atom is 0.229 e. The van der Waals surface area contributed by atoms with Crippen LogP contribution in [0.3, 0.4) is 0 Å². The van der Waals surface area contributed by atoms with Crippen molar-refractivity contribution in [1.29, 1.82) is 0 Å². The van der Waals surface area contributed by atoms with E-state index in [1.807, 2.05) is 42.2 Å². The number of anilines is 4. The number of rotatable bonds is 4. The maximum atomic E-state index is 14.9. The standard InChI is InChI=1S/C27H27FN6S/c1-18-6-7-20-16-30-27(31-21-8-9-24(23(28)15-21)33-12-10-29-11-13-33)32-26(20)34(18)22-14-19-4-2-3-5-25(19)35-17-22/h2-9,15-16,22,29H,1,10-14,17H2,(H,30,31,32). The molecule has 35 heavy (non-hydrogen) atoms. The van der Waals surface area contributed by atoms with E-state index in [1.54, 1.807) is 0 Å². The van der Waals surface area contributed by atoms with Gasteiger partial charge in [0.1, 0.15) is 11.6 Å². The Morgan fingerprint density at radius 2 is 1.97 bits per heavy atom. The van der Waals surface area contributed by atoms with Crippen LogP contribution in [0.25, 0.3) is 6.08 Å². The van der Waals surface area contributed by atoms with Gasteiger partial charge in [0.05, 0.1) is 5.69 Å². The van der Waals surface area contributed by atoms with Gasteiger partial charge in [-0.2, -0.15) is 4.98 Å². The van der Waals surface area contributed by atoms with E-state index in [1.165, 1.54) is 16.5 Å². The van der Waals surface area contributed by atoms with E-state index in [9.17, 15) is 4.39 Å². The van der Waals surface area contributed by atoms with Crippen LogP contribution >= 0.6 is 11.8 Å². The fraction of sp³-hybridized carbons (Fsp3) is 0.259. The molecule has 178 valence electrons. The van der Waals surface area contributed by atoms with Gasteiger partial charge in [0.15, 0.2) is 0 Å². The van der Waals surface area contributed by atoms with Gasteiger partial charge in [0.25, 0.3) is 0 Å². The molecular weight excluding hydrogens is 459 g/mol. The van der Waals surface area contributed by atoms with Crippen molar-refractivity contribution in [3.63, 3.8) is 0 Å². The molecule has 1 fully saturated rings. The Morgan fingerprint density at radius 1 is 1.11 bits per heavy atom. The van der Waals surface area contributed by atoms with Gasteiger partial charge in [-0.25, -0.2) is 9.37 Å². The third-order valence-electron chi connectivity index (χ3n) is 6.67. The normalized spacial score (nSPS) is 19.3. The van der Waals surface area contributed by atoms with Crippen molar-refractivity contribution < 1.29 is 4.39 Å². The minimum atomic E-state index is -0.245. The summed E-state index contributed by atoms with van der Waals surface area (Å²) in [6.45, 7) is 7.63. The van der Waals surface area contributed by atoms with Gasteiger partial charge >= 0.3 is 0 Å². The molecule has 2 aromatic carbocycles. The number of halogens is 1. The largest absolute Gasteiger partial charge is 0.367 e. The van der Waals surface area contributed by atoms with Crippen LogP contribution in [0.5, 0.6) is 0 Å². The molecule has 3 aromatic rings. The minimum Gasteiger partial charge on any atom is -0.367 e. The van der Waals surface area contributed by atoms with Gasteiger partial charge in [0, 0.05) is 66.0 Å². The van der Waals surface area contributed by atoms with Gasteiger partial charge in [-0.3, -0.25) is 0 Å². The van der Waals surface area contributed by atoms with Crippen molar-refractivity contribution in [3.05, 3.63) is 84.0 Å². The van der Waals surface area contributed by atoms with Crippen LogP contribution in [0.4, 0.5) is 27.5 Å². The van der Waals surface area contributed by atoms with Crippen LogP contribution in [0.2, 0.25) is 0 Å². The fourth-order valence-corrected chi connectivity index (χ4v) is 6.07. The minimum absolute atomic E-state index is 0.240. The Morgan fingerprint density at radius 3 is 2.83 bits per heavy atom. The van der Waals surface area contributed by atoms with E-state index in [4.69, 9.17) is 4.98 Å². The molecule has 0 radical (unpaired) electrons. The van der Waals surface area contributed by atoms with Gasteiger partial charge in [-0.1, -0.05) is 24.8 Å². The van der Waals surface area contributed by atoms with E-state index in [-0.39, 0.29) is 11.9 Å². The highest BCUT2D eigenvalue weighted by molar-refractivity contribution is 7.99. The van der Waals surface area contributed by atoms with Crippen molar-refractivity contribution in [1.82, 2.24) is 15.3 Å². The first kappa shape index (κ1) is 22.1. The summed E-state index contributed by atoms with van der Waals surface area (Å²) in [7, 11) is 0. The molecule has 0 amide bonds. The zero-order valence-electron chi connectivity index (χ0n) is 19.4. The number of hydrogen-bond donors (Lipinski definition) is 2. The molecule has 8 heteroatoms. The molecule has 0 bridgehead atoms. The van der Waals surface area contributed by atoms with Gasteiger partial charge in [-0.05, 0) is 48.4 Å². The first-order chi connectivity index (χ1) is 17.2. The number of nitrogens with zero attached hydrogens (tertiary/aromatic N) is 4. The summed E-state index contributed by atoms with van der Waals surface area (Å²) in [5.74, 6) is 1.98. The van der Waals surface area contributed by atoms with Crippen molar-refractivity contribution in [3.8, 4) is 0 Å². The lowest BCUT2D eigenvalue weighted by atomic mass is 10.0. The van der Waals surface area contributed by atoms with Crippen molar-refractivity contribution >= 4 is 41.0 Å². The molecule has 6 nitrogen and oxygen atoms in total. The second-order valence-electron chi connectivity index (χ2n) is 8.97. The van der Waals surface area contributed by atoms with E-state index in [0.717, 1.165) is 55.4 Å². The lowest BCUT2D eigenvalue weighted by molar-refractivity contribution is 0.566. The summed E-state index contributed by atoms with van der Waals surface area (Å²) >= 11 is 1.87. The van der Waals surface area contributed by atoms with Crippen LogP contribution in [0, 0.1) is 5.82 Å². The van der Waals surface area contributed by atoms with E-state index < -0.39 is 0 Å². The summed E-state index contributed by atoms with van der Waals surface area (Å²) in [6, 6.07) is 14.0. The van der Waals surface area contributed by atoms with E-state index in [0.29, 0.717) is 17.3 Å². The first-order valence-corrected chi connectivity index (χ1v) is 12.9. The van der Waals surface area contributed by atoms with Gasteiger partial charge in [0.2, 0.25) is 5.95 Å². The predicted molar refractivity (Wildman–Crippen MR) is 142 cm³/mol. The zero-order chi connectivity index (χ0) is 23.8. The van der Waals surface area contributed by atoms with Gasteiger partial charge in [-0.15, -0.1) is 11.8 Å². The van der Waals surface area contributed by atoms with Crippen molar-refractivity contribution in [2.45, 2.75) is 17.4 Å². The molecule has 1 saturated heterocycles. The summed E-state index contributed by atoms with van der Waals surface area (Å²) < 4.78 is 14.9.